The van der Waals surface area contributed by atoms with E-state index in [2.05, 4.69) is 25.4 Å². The Labute approximate surface area is 189 Å². The van der Waals surface area contributed by atoms with Crippen molar-refractivity contribution < 1.29 is 18.0 Å². The van der Waals surface area contributed by atoms with Crippen LogP contribution in [0.15, 0.2) is 34.8 Å². The molecule has 4 aromatic rings. The van der Waals surface area contributed by atoms with Gasteiger partial charge in [0.05, 0.1) is 17.7 Å². The molecule has 0 aliphatic heterocycles. The van der Waals surface area contributed by atoms with Gasteiger partial charge in [-0.25, -0.2) is 14.5 Å². The highest BCUT2D eigenvalue weighted by molar-refractivity contribution is 7.98. The number of anilines is 1. The van der Waals surface area contributed by atoms with Gasteiger partial charge in [-0.2, -0.15) is 18.2 Å². The maximum atomic E-state index is 13.0. The number of benzene rings is 1. The van der Waals surface area contributed by atoms with E-state index in [1.807, 2.05) is 13.2 Å². The van der Waals surface area contributed by atoms with Gasteiger partial charge in [0.15, 0.2) is 5.13 Å². The van der Waals surface area contributed by atoms with Crippen LogP contribution in [0.3, 0.4) is 0 Å². The largest absolute Gasteiger partial charge is 0.416 e. The molecule has 32 heavy (non-hydrogen) atoms. The molecule has 0 aliphatic rings. The number of carbonyl (C=O) groups excluding carboxylic acids is 1. The summed E-state index contributed by atoms with van der Waals surface area (Å²) < 4.78 is 40.5. The second-order valence-corrected chi connectivity index (χ2v) is 8.54. The number of hydrogen-bond donors (Lipinski definition) is 1. The van der Waals surface area contributed by atoms with Crippen LogP contribution in [0.1, 0.15) is 22.5 Å². The third-order valence-corrected chi connectivity index (χ3v) is 6.08. The maximum Gasteiger partial charge on any atom is 0.416 e. The van der Waals surface area contributed by atoms with Gasteiger partial charge in [0.2, 0.25) is 11.1 Å². The number of aromatic nitrogens is 5. The van der Waals surface area contributed by atoms with E-state index in [0.29, 0.717) is 33.0 Å². The fraction of sp³-hybridized carbons (Fsp3) is 0.250. The Morgan fingerprint density at radius 3 is 2.72 bits per heavy atom. The van der Waals surface area contributed by atoms with E-state index in [0.717, 1.165) is 34.7 Å². The lowest BCUT2D eigenvalue weighted by Gasteiger charge is -2.10. The first kappa shape index (κ1) is 22.2. The van der Waals surface area contributed by atoms with Gasteiger partial charge < -0.3 is 5.32 Å². The lowest BCUT2D eigenvalue weighted by molar-refractivity contribution is -0.137. The van der Waals surface area contributed by atoms with Crippen LogP contribution < -0.4 is 5.32 Å². The summed E-state index contributed by atoms with van der Waals surface area (Å²) in [5, 5.41) is 9.58. The van der Waals surface area contributed by atoms with Crippen molar-refractivity contribution in [1.29, 1.82) is 0 Å². The second-order valence-electron chi connectivity index (χ2n) is 6.91. The fourth-order valence-corrected chi connectivity index (χ4v) is 4.25. The van der Waals surface area contributed by atoms with Crippen LogP contribution in [0.2, 0.25) is 0 Å². The summed E-state index contributed by atoms with van der Waals surface area (Å²) >= 11 is 2.55. The number of rotatable bonds is 5. The molecule has 1 N–H and O–H groups in total. The Morgan fingerprint density at radius 2 is 2.00 bits per heavy atom. The number of carbonyl (C=O) groups is 1. The van der Waals surface area contributed by atoms with Crippen molar-refractivity contribution >= 4 is 39.9 Å². The smallest absolute Gasteiger partial charge is 0.302 e. The normalized spacial score (nSPS) is 11.8. The van der Waals surface area contributed by atoms with Crippen LogP contribution in [0.4, 0.5) is 18.3 Å². The Hall–Kier alpha value is -2.99. The molecule has 3 aromatic heterocycles. The van der Waals surface area contributed by atoms with Gasteiger partial charge >= 0.3 is 6.18 Å². The highest BCUT2D eigenvalue weighted by Gasteiger charge is 2.30. The lowest BCUT2D eigenvalue weighted by atomic mass is 10.1. The van der Waals surface area contributed by atoms with E-state index in [1.165, 1.54) is 17.8 Å². The zero-order valence-corrected chi connectivity index (χ0v) is 18.8. The Bertz CT molecular complexity index is 1310. The minimum atomic E-state index is -4.44. The molecule has 7 nitrogen and oxygen atoms in total. The number of hydrogen-bond acceptors (Lipinski definition) is 7. The summed E-state index contributed by atoms with van der Waals surface area (Å²) in [6, 6.07) is 4.92. The quantitative estimate of drug-likeness (QED) is 0.416. The SMILES string of the molecule is CSc1nc2nc(C)c(CC(=O)Nc3nc(-c4cccc(C(F)(F)F)c4)cs3)c(C)n2n1. The van der Waals surface area contributed by atoms with E-state index >= 15 is 0 Å². The van der Waals surface area contributed by atoms with Crippen LogP contribution in [-0.2, 0) is 17.4 Å². The van der Waals surface area contributed by atoms with E-state index in [-0.39, 0.29) is 12.3 Å². The summed E-state index contributed by atoms with van der Waals surface area (Å²) in [6.07, 6.45) is -2.52. The molecule has 4 rings (SSSR count). The van der Waals surface area contributed by atoms with Crippen molar-refractivity contribution in [3.05, 3.63) is 52.2 Å². The summed E-state index contributed by atoms with van der Waals surface area (Å²) in [6.45, 7) is 3.65. The molecule has 166 valence electrons. The molecule has 0 fully saturated rings. The summed E-state index contributed by atoms with van der Waals surface area (Å²) in [5.41, 5.74) is 2.10. The summed E-state index contributed by atoms with van der Waals surface area (Å²) in [4.78, 5) is 25.7. The monoisotopic (exact) mass is 478 g/mol. The molecular formula is C20H17F3N6OS2. The number of halogens is 3. The topological polar surface area (TPSA) is 85.1 Å². The average Bonchev–Trinajstić information content (AvgIpc) is 3.37. The van der Waals surface area contributed by atoms with E-state index in [4.69, 9.17) is 0 Å². The molecule has 3 heterocycles. The number of thiazole rings is 1. The number of nitrogens with one attached hydrogen (secondary N) is 1. The molecule has 0 aliphatic carbocycles. The van der Waals surface area contributed by atoms with Crippen molar-refractivity contribution in [2.24, 2.45) is 0 Å². The number of alkyl halides is 3. The van der Waals surface area contributed by atoms with Crippen LogP contribution in [0.5, 0.6) is 0 Å². The van der Waals surface area contributed by atoms with Gasteiger partial charge in [0.25, 0.3) is 5.78 Å². The first-order chi connectivity index (χ1) is 15.2. The van der Waals surface area contributed by atoms with Crippen molar-refractivity contribution in [3.63, 3.8) is 0 Å². The van der Waals surface area contributed by atoms with E-state index < -0.39 is 11.7 Å². The maximum absolute atomic E-state index is 13.0. The zero-order valence-electron chi connectivity index (χ0n) is 17.2. The second kappa shape index (κ2) is 8.51. The highest BCUT2D eigenvalue weighted by Crippen LogP contribution is 2.33. The van der Waals surface area contributed by atoms with E-state index in [1.54, 1.807) is 22.9 Å². The number of fused-ring (bicyclic) bond motifs is 1. The average molecular weight is 479 g/mol. The van der Waals surface area contributed by atoms with Crippen LogP contribution >= 0.6 is 23.1 Å². The fourth-order valence-electron chi connectivity index (χ4n) is 3.17. The van der Waals surface area contributed by atoms with Crippen LogP contribution in [0.25, 0.3) is 17.0 Å². The van der Waals surface area contributed by atoms with Crippen molar-refractivity contribution in [1.82, 2.24) is 24.6 Å². The first-order valence-corrected chi connectivity index (χ1v) is 11.5. The molecule has 0 atom stereocenters. The molecule has 1 aromatic carbocycles. The lowest BCUT2D eigenvalue weighted by Crippen LogP contribution is -2.17. The number of aryl methyl sites for hydroxylation is 2. The molecule has 0 unspecified atom stereocenters. The predicted molar refractivity (Wildman–Crippen MR) is 117 cm³/mol. The molecule has 1 amide bonds. The first-order valence-electron chi connectivity index (χ1n) is 9.35. The van der Waals surface area contributed by atoms with Crippen LogP contribution in [0, 0.1) is 13.8 Å². The number of nitrogens with zero attached hydrogens (tertiary/aromatic N) is 5. The van der Waals surface area contributed by atoms with Crippen molar-refractivity contribution in [3.8, 4) is 11.3 Å². The molecular weight excluding hydrogens is 461 g/mol. The van der Waals surface area contributed by atoms with Gasteiger partial charge in [0, 0.05) is 27.9 Å². The highest BCUT2D eigenvalue weighted by atomic mass is 32.2. The van der Waals surface area contributed by atoms with E-state index in [9.17, 15) is 18.0 Å². The molecule has 0 saturated carbocycles. The van der Waals surface area contributed by atoms with Gasteiger partial charge in [-0.05, 0) is 32.2 Å². The standard InChI is InChI=1S/C20H17F3N6OS2/c1-10-14(11(2)29-17(24-10)27-19(28-29)31-3)8-16(30)26-18-25-15(9-32-18)12-5-4-6-13(7-12)20(21,22)23/h4-7,9H,8H2,1-3H3,(H,25,26,30). The number of thioether (sulfide) groups is 1. The predicted octanol–water partition coefficient (Wildman–Crippen LogP) is 4.79. The summed E-state index contributed by atoms with van der Waals surface area (Å²) in [5.74, 6) is 0.159. The van der Waals surface area contributed by atoms with Gasteiger partial charge in [-0.3, -0.25) is 4.79 Å². The molecule has 0 saturated heterocycles. The minimum absolute atomic E-state index is 0.0491. The number of amides is 1. The third-order valence-electron chi connectivity index (χ3n) is 4.79. The molecule has 0 spiro atoms. The van der Waals surface area contributed by atoms with Crippen molar-refractivity contribution in [2.45, 2.75) is 31.6 Å². The minimum Gasteiger partial charge on any atom is -0.302 e. The van der Waals surface area contributed by atoms with Gasteiger partial charge in [0.1, 0.15) is 0 Å². The molecule has 12 heteroatoms. The van der Waals surface area contributed by atoms with Gasteiger partial charge in [-0.15, -0.1) is 16.4 Å². The molecule has 0 radical (unpaired) electrons. The van der Waals surface area contributed by atoms with Gasteiger partial charge in [-0.1, -0.05) is 23.9 Å². The van der Waals surface area contributed by atoms with Crippen LogP contribution in [-0.4, -0.2) is 36.7 Å². The Morgan fingerprint density at radius 1 is 1.22 bits per heavy atom. The van der Waals surface area contributed by atoms with Crippen molar-refractivity contribution in [2.75, 3.05) is 11.6 Å². The molecule has 0 bridgehead atoms. The Balaban J connectivity index is 1.52. The third kappa shape index (κ3) is 4.46. The Kier molecular flexibility index (Phi) is 5.91. The zero-order chi connectivity index (χ0) is 23.0. The summed E-state index contributed by atoms with van der Waals surface area (Å²) in [7, 11) is 0.